The molecule has 27 heavy (non-hydrogen) atoms. The Labute approximate surface area is 178 Å². The number of benzene rings is 1. The van der Waals surface area contributed by atoms with Crippen LogP contribution in [0.2, 0.25) is 0 Å². The number of hydrogen-bond acceptors (Lipinski definition) is 4. The van der Waals surface area contributed by atoms with Crippen LogP contribution >= 0.6 is 24.0 Å². The van der Waals surface area contributed by atoms with Crippen LogP contribution in [-0.4, -0.2) is 45.5 Å². The van der Waals surface area contributed by atoms with Crippen LogP contribution in [0.5, 0.6) is 11.5 Å². The molecule has 0 bridgehead atoms. The van der Waals surface area contributed by atoms with Gasteiger partial charge in [-0.1, -0.05) is 6.08 Å². The Balaban J connectivity index is 0.00000261. The van der Waals surface area contributed by atoms with E-state index >= 15 is 0 Å². The summed E-state index contributed by atoms with van der Waals surface area (Å²) >= 11 is 0. The lowest BCUT2D eigenvalue weighted by atomic mass is 10.3. The van der Waals surface area contributed by atoms with Crippen LogP contribution in [0.15, 0.2) is 35.8 Å². The Morgan fingerprint density at radius 3 is 2.85 bits per heavy atom. The van der Waals surface area contributed by atoms with Crippen molar-refractivity contribution in [3.63, 3.8) is 0 Å². The minimum absolute atomic E-state index is 0. The van der Waals surface area contributed by atoms with Gasteiger partial charge in [-0.25, -0.2) is 0 Å². The number of halogens is 1. The van der Waals surface area contributed by atoms with Gasteiger partial charge < -0.3 is 24.8 Å². The molecule has 2 N–H and O–H groups in total. The van der Waals surface area contributed by atoms with Crippen molar-refractivity contribution in [3.05, 3.63) is 30.9 Å². The molecule has 0 unspecified atom stereocenters. The van der Waals surface area contributed by atoms with Crippen LogP contribution in [0.1, 0.15) is 25.7 Å². The van der Waals surface area contributed by atoms with Crippen molar-refractivity contribution in [2.24, 2.45) is 10.9 Å². The van der Waals surface area contributed by atoms with E-state index in [1.807, 2.05) is 24.3 Å². The van der Waals surface area contributed by atoms with E-state index in [9.17, 15) is 0 Å². The maximum absolute atomic E-state index is 5.74. The van der Waals surface area contributed by atoms with Crippen LogP contribution in [0, 0.1) is 5.92 Å². The lowest BCUT2D eigenvalue weighted by Crippen LogP contribution is -2.31. The fourth-order valence-corrected chi connectivity index (χ4v) is 2.58. The fourth-order valence-electron chi connectivity index (χ4n) is 2.58. The molecule has 1 aromatic rings. The van der Waals surface area contributed by atoms with Crippen LogP contribution < -0.4 is 20.1 Å². The van der Waals surface area contributed by atoms with Gasteiger partial charge in [-0.2, -0.15) is 0 Å². The number of fused-ring (bicyclic) bond motifs is 1. The molecule has 0 aromatic heterocycles. The van der Waals surface area contributed by atoms with Gasteiger partial charge in [-0.05, 0) is 37.3 Å². The quantitative estimate of drug-likeness (QED) is 0.182. The highest BCUT2D eigenvalue weighted by molar-refractivity contribution is 14.0. The van der Waals surface area contributed by atoms with E-state index < -0.39 is 0 Å². The second kappa shape index (κ2) is 12.1. The van der Waals surface area contributed by atoms with Crippen LogP contribution in [0.3, 0.4) is 0 Å². The molecule has 7 heteroatoms. The van der Waals surface area contributed by atoms with Crippen LogP contribution in [0.4, 0.5) is 5.69 Å². The number of hydrogen-bond donors (Lipinski definition) is 2. The van der Waals surface area contributed by atoms with Gasteiger partial charge in [0.15, 0.2) is 17.5 Å². The number of rotatable bonds is 9. The summed E-state index contributed by atoms with van der Waals surface area (Å²) < 4.78 is 17.1. The highest BCUT2D eigenvalue weighted by Gasteiger charge is 2.20. The summed E-state index contributed by atoms with van der Waals surface area (Å²) in [6, 6.07) is 5.85. The van der Waals surface area contributed by atoms with Gasteiger partial charge >= 0.3 is 0 Å². The van der Waals surface area contributed by atoms with E-state index in [0.717, 1.165) is 55.1 Å². The average Bonchev–Trinajstić information content (AvgIpc) is 3.48. The second-order valence-electron chi connectivity index (χ2n) is 6.61. The Morgan fingerprint density at radius 2 is 2.07 bits per heavy atom. The molecular formula is C20H30IN3O3. The minimum atomic E-state index is 0. The molecule has 6 nitrogen and oxygen atoms in total. The van der Waals surface area contributed by atoms with Gasteiger partial charge in [-0.3, -0.25) is 4.99 Å². The highest BCUT2D eigenvalue weighted by Crippen LogP contribution is 2.32. The predicted molar refractivity (Wildman–Crippen MR) is 120 cm³/mol. The number of ether oxygens (including phenoxy) is 3. The Kier molecular flexibility index (Phi) is 9.75. The first-order chi connectivity index (χ1) is 12.8. The maximum atomic E-state index is 5.74. The number of guanidine groups is 1. The average molecular weight is 487 g/mol. The van der Waals surface area contributed by atoms with Crippen molar-refractivity contribution in [2.75, 3.05) is 44.8 Å². The lowest BCUT2D eigenvalue weighted by molar-refractivity contribution is 0.123. The van der Waals surface area contributed by atoms with E-state index in [1.54, 1.807) is 0 Å². The number of aliphatic imine (C=N–C) groups is 1. The first-order valence-electron chi connectivity index (χ1n) is 9.49. The maximum Gasteiger partial charge on any atom is 0.196 e. The van der Waals surface area contributed by atoms with Gasteiger partial charge in [0.1, 0.15) is 0 Å². The van der Waals surface area contributed by atoms with Crippen molar-refractivity contribution in [1.29, 1.82) is 0 Å². The summed E-state index contributed by atoms with van der Waals surface area (Å²) in [4.78, 5) is 4.61. The third kappa shape index (κ3) is 7.96. The Hall–Kier alpha value is -1.48. The number of nitrogens with one attached hydrogen (secondary N) is 2. The van der Waals surface area contributed by atoms with Crippen molar-refractivity contribution in [1.82, 2.24) is 5.32 Å². The zero-order chi connectivity index (χ0) is 18.0. The third-order valence-corrected chi connectivity index (χ3v) is 4.19. The van der Waals surface area contributed by atoms with Crippen LogP contribution in [0.25, 0.3) is 0 Å². The number of nitrogens with zero attached hydrogens (tertiary/aromatic N) is 1. The third-order valence-electron chi connectivity index (χ3n) is 4.19. The number of anilines is 1. The van der Waals surface area contributed by atoms with Gasteiger partial charge in [0.25, 0.3) is 0 Å². The topological polar surface area (TPSA) is 64.1 Å². The molecule has 1 aliphatic carbocycles. The molecule has 0 saturated heterocycles. The monoisotopic (exact) mass is 487 g/mol. The fraction of sp³-hybridized carbons (Fsp3) is 0.550. The molecule has 1 heterocycles. The molecule has 1 aliphatic heterocycles. The van der Waals surface area contributed by atoms with Crippen molar-refractivity contribution >= 4 is 35.6 Å². The molecule has 0 amide bonds. The summed E-state index contributed by atoms with van der Waals surface area (Å²) in [6.07, 6.45) is 6.27. The van der Waals surface area contributed by atoms with Crippen LogP contribution in [-0.2, 0) is 4.74 Å². The van der Waals surface area contributed by atoms with E-state index in [0.29, 0.717) is 26.3 Å². The predicted octanol–water partition coefficient (Wildman–Crippen LogP) is 3.83. The second-order valence-corrected chi connectivity index (χ2v) is 6.61. The van der Waals surface area contributed by atoms with Crippen molar-refractivity contribution in [2.45, 2.75) is 25.7 Å². The Morgan fingerprint density at radius 1 is 1.26 bits per heavy atom. The molecule has 1 saturated carbocycles. The Bertz CT molecular complexity index is 620. The minimum Gasteiger partial charge on any atom is -0.490 e. The first-order valence-corrected chi connectivity index (χ1v) is 9.49. The largest absolute Gasteiger partial charge is 0.490 e. The summed E-state index contributed by atoms with van der Waals surface area (Å²) in [5, 5.41) is 6.56. The zero-order valence-corrected chi connectivity index (χ0v) is 18.1. The van der Waals surface area contributed by atoms with Gasteiger partial charge in [0.2, 0.25) is 0 Å². The molecule has 1 aromatic carbocycles. The highest BCUT2D eigenvalue weighted by atomic mass is 127. The smallest absolute Gasteiger partial charge is 0.196 e. The lowest BCUT2D eigenvalue weighted by Gasteiger charge is -2.14. The molecule has 0 spiro atoms. The normalized spacial score (nSPS) is 16.1. The molecular weight excluding hydrogens is 457 g/mol. The molecule has 0 radical (unpaired) electrons. The van der Waals surface area contributed by atoms with Crippen molar-refractivity contribution < 1.29 is 14.2 Å². The molecule has 1 fully saturated rings. The van der Waals surface area contributed by atoms with Gasteiger partial charge in [0.05, 0.1) is 13.2 Å². The standard InChI is InChI=1S/C20H29N3O3.HI/c1-2-9-21-20(22-10-3-11-24-15-16-5-6-16)23-17-7-8-18-19(14-17)26-13-4-12-25-18;/h2,7-8,14,16H,1,3-6,9-13,15H2,(H2,21,22,23);1H. The zero-order valence-electron chi connectivity index (χ0n) is 15.7. The van der Waals surface area contributed by atoms with Gasteiger partial charge in [0, 0.05) is 44.5 Å². The summed E-state index contributed by atoms with van der Waals surface area (Å²) in [7, 11) is 0. The summed E-state index contributed by atoms with van der Waals surface area (Å²) in [5.74, 6) is 3.09. The summed E-state index contributed by atoms with van der Waals surface area (Å²) in [6.45, 7) is 8.14. The van der Waals surface area contributed by atoms with E-state index in [2.05, 4.69) is 22.2 Å². The first kappa shape index (κ1) is 21.8. The van der Waals surface area contributed by atoms with E-state index in [1.165, 1.54) is 12.8 Å². The molecule has 2 aliphatic rings. The SMILES string of the molecule is C=CCNC(=NCCCOCC1CC1)Nc1ccc2c(c1)OCCCO2.I. The molecule has 150 valence electrons. The van der Waals surface area contributed by atoms with E-state index in [4.69, 9.17) is 14.2 Å². The van der Waals surface area contributed by atoms with E-state index in [-0.39, 0.29) is 24.0 Å². The summed E-state index contributed by atoms with van der Waals surface area (Å²) in [5.41, 5.74) is 0.912. The molecule has 3 rings (SSSR count). The van der Waals surface area contributed by atoms with Gasteiger partial charge in [-0.15, -0.1) is 30.6 Å². The van der Waals surface area contributed by atoms with Crippen molar-refractivity contribution in [3.8, 4) is 11.5 Å². The molecule has 0 atom stereocenters.